The number of nitrogens with zero attached hydrogens (tertiary/aromatic N) is 1. The second kappa shape index (κ2) is 8.10. The van der Waals surface area contributed by atoms with Crippen LogP contribution in [-0.2, 0) is 20.8 Å². The van der Waals surface area contributed by atoms with E-state index in [1.54, 1.807) is 4.90 Å². The minimum Gasteiger partial charge on any atom is -0.483 e. The minimum absolute atomic E-state index is 0.0183. The molecule has 1 saturated heterocycles. The molecule has 1 saturated carbocycles. The number of amides is 1. The molecule has 1 aliphatic carbocycles. The molecular formula is C18H21ClF3NO4S. The van der Waals surface area contributed by atoms with Crippen molar-refractivity contribution >= 4 is 27.3 Å². The molecule has 0 bridgehead atoms. The van der Waals surface area contributed by atoms with E-state index < -0.39 is 45.9 Å². The number of benzene rings is 1. The standard InChI is InChI=1S/C18H21ClF3NO4S/c19-12-5-6-16(15(9-12)18(20,21)22)27-10-17(24)23(13-3-1-2-4-13)14-7-8-28(25,26)11-14/h5-6,9,13-14H,1-4,7-8,10-11H2/t14-/m0/s1. The molecule has 1 aromatic rings. The quantitative estimate of drug-likeness (QED) is 0.701. The predicted molar refractivity (Wildman–Crippen MR) is 98.1 cm³/mol. The second-order valence-electron chi connectivity index (χ2n) is 7.22. The van der Waals surface area contributed by atoms with Gasteiger partial charge in [0.1, 0.15) is 5.75 Å². The summed E-state index contributed by atoms with van der Waals surface area (Å²) in [5.74, 6) is -1.05. The topological polar surface area (TPSA) is 63.7 Å². The van der Waals surface area contributed by atoms with Crippen LogP contribution in [0.5, 0.6) is 5.75 Å². The number of halogens is 4. The molecule has 1 heterocycles. The summed E-state index contributed by atoms with van der Waals surface area (Å²) >= 11 is 5.65. The summed E-state index contributed by atoms with van der Waals surface area (Å²) in [4.78, 5) is 14.4. The van der Waals surface area contributed by atoms with E-state index in [1.807, 2.05) is 0 Å². The summed E-state index contributed by atoms with van der Waals surface area (Å²) < 4.78 is 68.5. The van der Waals surface area contributed by atoms with Gasteiger partial charge in [-0.1, -0.05) is 24.4 Å². The van der Waals surface area contributed by atoms with Crippen molar-refractivity contribution < 1.29 is 31.1 Å². The van der Waals surface area contributed by atoms with E-state index in [1.165, 1.54) is 6.07 Å². The zero-order chi connectivity index (χ0) is 20.5. The SMILES string of the molecule is O=C(COc1ccc(Cl)cc1C(F)(F)F)N(C1CCCC1)[C@H]1CCS(=O)(=O)C1. The third-order valence-electron chi connectivity index (χ3n) is 5.21. The Morgan fingerprint density at radius 1 is 1.18 bits per heavy atom. The lowest BCUT2D eigenvalue weighted by Crippen LogP contribution is -2.48. The van der Waals surface area contributed by atoms with Crippen molar-refractivity contribution in [2.45, 2.75) is 50.4 Å². The van der Waals surface area contributed by atoms with Crippen LogP contribution in [0.2, 0.25) is 5.02 Å². The van der Waals surface area contributed by atoms with Gasteiger partial charge in [0, 0.05) is 17.1 Å². The maximum Gasteiger partial charge on any atom is 0.420 e. The molecule has 1 atom stereocenters. The molecule has 2 fully saturated rings. The Balaban J connectivity index is 1.76. The van der Waals surface area contributed by atoms with Crippen molar-refractivity contribution in [2.75, 3.05) is 18.1 Å². The molecule has 2 aliphatic rings. The Morgan fingerprint density at radius 2 is 1.86 bits per heavy atom. The number of ether oxygens (including phenoxy) is 1. The van der Waals surface area contributed by atoms with Crippen LogP contribution >= 0.6 is 11.6 Å². The van der Waals surface area contributed by atoms with Gasteiger partial charge in [-0.3, -0.25) is 4.79 Å². The highest BCUT2D eigenvalue weighted by atomic mass is 35.5. The molecule has 3 rings (SSSR count). The summed E-state index contributed by atoms with van der Waals surface area (Å²) in [5, 5.41) is -0.0882. The molecule has 1 aliphatic heterocycles. The Bertz CT molecular complexity index is 838. The number of alkyl halides is 3. The zero-order valence-electron chi connectivity index (χ0n) is 15.0. The van der Waals surface area contributed by atoms with Crippen LogP contribution in [0.3, 0.4) is 0 Å². The van der Waals surface area contributed by atoms with Gasteiger partial charge in [0.05, 0.1) is 17.1 Å². The molecule has 1 aromatic carbocycles. The average molecular weight is 440 g/mol. The number of hydrogen-bond acceptors (Lipinski definition) is 4. The molecule has 0 N–H and O–H groups in total. The number of carbonyl (C=O) groups is 1. The largest absolute Gasteiger partial charge is 0.483 e. The van der Waals surface area contributed by atoms with E-state index in [4.69, 9.17) is 16.3 Å². The van der Waals surface area contributed by atoms with Gasteiger partial charge in [-0.2, -0.15) is 13.2 Å². The predicted octanol–water partition coefficient (Wildman–Crippen LogP) is 3.70. The lowest BCUT2D eigenvalue weighted by molar-refractivity contribution is -0.142. The highest BCUT2D eigenvalue weighted by Gasteiger charge is 2.40. The van der Waals surface area contributed by atoms with Crippen molar-refractivity contribution in [3.63, 3.8) is 0 Å². The first-order valence-electron chi connectivity index (χ1n) is 9.08. The van der Waals surface area contributed by atoms with Gasteiger partial charge in [0.25, 0.3) is 5.91 Å². The van der Waals surface area contributed by atoms with Gasteiger partial charge >= 0.3 is 6.18 Å². The van der Waals surface area contributed by atoms with Crippen molar-refractivity contribution in [2.24, 2.45) is 0 Å². The smallest absolute Gasteiger partial charge is 0.420 e. The van der Waals surface area contributed by atoms with E-state index in [2.05, 4.69) is 0 Å². The van der Waals surface area contributed by atoms with E-state index >= 15 is 0 Å². The second-order valence-corrected chi connectivity index (χ2v) is 9.89. The summed E-state index contributed by atoms with van der Waals surface area (Å²) in [6.45, 7) is -0.586. The van der Waals surface area contributed by atoms with Crippen LogP contribution < -0.4 is 4.74 Å². The van der Waals surface area contributed by atoms with Crippen molar-refractivity contribution in [1.82, 2.24) is 4.90 Å². The van der Waals surface area contributed by atoms with Crippen LogP contribution in [0, 0.1) is 0 Å². The number of rotatable bonds is 5. The molecule has 28 heavy (non-hydrogen) atoms. The van der Waals surface area contributed by atoms with Gasteiger partial charge in [0.2, 0.25) is 0 Å². The summed E-state index contributed by atoms with van der Waals surface area (Å²) in [7, 11) is -3.20. The fourth-order valence-electron chi connectivity index (χ4n) is 3.95. The fourth-order valence-corrected chi connectivity index (χ4v) is 5.83. The van der Waals surface area contributed by atoms with Crippen LogP contribution in [0.25, 0.3) is 0 Å². The average Bonchev–Trinajstić information content (AvgIpc) is 3.23. The molecule has 1 amide bonds. The van der Waals surface area contributed by atoms with Crippen molar-refractivity contribution in [1.29, 1.82) is 0 Å². The van der Waals surface area contributed by atoms with Crippen LogP contribution in [-0.4, -0.2) is 49.4 Å². The minimum atomic E-state index is -4.67. The first kappa shape index (κ1) is 21.2. The molecule has 156 valence electrons. The van der Waals surface area contributed by atoms with E-state index in [9.17, 15) is 26.4 Å². The van der Waals surface area contributed by atoms with Gasteiger partial charge in [-0.15, -0.1) is 0 Å². The van der Waals surface area contributed by atoms with Gasteiger partial charge in [0.15, 0.2) is 16.4 Å². The monoisotopic (exact) mass is 439 g/mol. The highest BCUT2D eigenvalue weighted by molar-refractivity contribution is 7.91. The molecule has 5 nitrogen and oxygen atoms in total. The third-order valence-corrected chi connectivity index (χ3v) is 7.19. The highest BCUT2D eigenvalue weighted by Crippen LogP contribution is 2.38. The first-order valence-corrected chi connectivity index (χ1v) is 11.3. The summed E-state index contributed by atoms with van der Waals surface area (Å²) in [6.07, 6.45) is -0.935. The molecule has 0 radical (unpaired) electrons. The fraction of sp³-hybridized carbons (Fsp3) is 0.611. The Kier molecular flexibility index (Phi) is 6.14. The number of carbonyl (C=O) groups excluding carboxylic acids is 1. The molecular weight excluding hydrogens is 419 g/mol. The summed E-state index contributed by atoms with van der Waals surface area (Å²) in [5.41, 5.74) is -1.05. The Labute approximate surface area is 166 Å². The van der Waals surface area contributed by atoms with Gasteiger partial charge in [-0.25, -0.2) is 8.42 Å². The number of sulfone groups is 1. The molecule has 0 aromatic heterocycles. The Morgan fingerprint density at radius 3 is 2.43 bits per heavy atom. The van der Waals surface area contributed by atoms with E-state index in [-0.39, 0.29) is 22.6 Å². The lowest BCUT2D eigenvalue weighted by Gasteiger charge is -2.34. The maximum absolute atomic E-state index is 13.2. The summed E-state index contributed by atoms with van der Waals surface area (Å²) in [6, 6.07) is 2.55. The Hall–Kier alpha value is -1.48. The zero-order valence-corrected chi connectivity index (χ0v) is 16.6. The molecule has 0 unspecified atom stereocenters. The lowest BCUT2D eigenvalue weighted by atomic mass is 10.1. The van der Waals surface area contributed by atoms with Gasteiger partial charge < -0.3 is 9.64 Å². The van der Waals surface area contributed by atoms with Crippen LogP contribution in [0.15, 0.2) is 18.2 Å². The molecule has 0 spiro atoms. The maximum atomic E-state index is 13.2. The van der Waals surface area contributed by atoms with Crippen molar-refractivity contribution in [3.05, 3.63) is 28.8 Å². The van der Waals surface area contributed by atoms with E-state index in [0.717, 1.165) is 37.8 Å². The van der Waals surface area contributed by atoms with E-state index in [0.29, 0.717) is 6.42 Å². The van der Waals surface area contributed by atoms with Crippen LogP contribution in [0.4, 0.5) is 13.2 Å². The number of hydrogen-bond donors (Lipinski definition) is 0. The van der Waals surface area contributed by atoms with Crippen molar-refractivity contribution in [3.8, 4) is 5.75 Å². The van der Waals surface area contributed by atoms with Crippen LogP contribution in [0.1, 0.15) is 37.7 Å². The van der Waals surface area contributed by atoms with Gasteiger partial charge in [-0.05, 0) is 37.5 Å². The first-order chi connectivity index (χ1) is 13.1. The normalized spacial score (nSPS) is 22.4. The molecule has 10 heteroatoms. The third kappa shape index (κ3) is 4.92.